The molecule has 0 aliphatic carbocycles. The van der Waals surface area contributed by atoms with E-state index in [9.17, 15) is 55.4 Å². The van der Waals surface area contributed by atoms with Crippen LogP contribution in [0, 0.1) is 66.8 Å². The third-order valence-electron chi connectivity index (χ3n) is 3.53. The Morgan fingerprint density at radius 2 is 0.714 bits per heavy atom. The van der Waals surface area contributed by atoms with Crippen LogP contribution in [0.1, 0.15) is 11.1 Å². The summed E-state index contributed by atoms with van der Waals surface area (Å²) in [4.78, 5) is 17.9. The molecule has 14 heteroatoms. The van der Waals surface area contributed by atoms with Gasteiger partial charge in [0.15, 0.2) is 46.5 Å². The number of hydrogen-bond acceptors (Lipinski definition) is 4. The lowest BCUT2D eigenvalue weighted by Gasteiger charge is -2.14. The number of nitrogens with zero attached hydrogens (tertiary/aromatic N) is 2. The lowest BCUT2D eigenvalue weighted by atomic mass is 9.97. The molecule has 0 saturated heterocycles. The predicted molar refractivity (Wildman–Crippen MR) is 72.9 cm³/mol. The number of rotatable bonds is 5. The van der Waals surface area contributed by atoms with Gasteiger partial charge in [0.05, 0.1) is 22.3 Å². The van der Waals surface area contributed by atoms with E-state index in [0.29, 0.717) is 0 Å². The first-order valence-corrected chi connectivity index (χ1v) is 6.83. The molecule has 0 spiro atoms. The molecule has 6 nitrogen and oxygen atoms in total. The van der Waals surface area contributed by atoms with Crippen molar-refractivity contribution < 1.29 is 45.0 Å². The maximum absolute atomic E-state index is 14.1. The molecule has 28 heavy (non-hydrogen) atoms. The number of benzene rings is 2. The zero-order valence-corrected chi connectivity index (χ0v) is 13.0. The van der Waals surface area contributed by atoms with Gasteiger partial charge in [0.25, 0.3) is 0 Å². The van der Waals surface area contributed by atoms with Gasteiger partial charge in [0.1, 0.15) is 0 Å². The van der Waals surface area contributed by atoms with E-state index in [1.54, 1.807) is 0 Å². The van der Waals surface area contributed by atoms with Gasteiger partial charge in [0, 0.05) is 9.85 Å². The minimum absolute atomic E-state index is 1.37. The normalized spacial score (nSPS) is 11.0. The maximum Gasteiger partial charge on any atom is 0.234 e. The Bertz CT molecular complexity index is 888. The van der Waals surface area contributed by atoms with E-state index in [-0.39, 0.29) is 0 Å². The Kier molecular flexibility index (Phi) is 5.52. The van der Waals surface area contributed by atoms with Gasteiger partial charge in [-0.25, -0.2) is 35.1 Å². The van der Waals surface area contributed by atoms with Crippen LogP contribution < -0.4 is 0 Å². The highest BCUT2D eigenvalue weighted by Gasteiger charge is 2.35. The molecule has 0 fully saturated rings. The minimum atomic E-state index is -2.56. The third-order valence-corrected chi connectivity index (χ3v) is 3.53. The molecule has 0 radical (unpaired) electrons. The highest BCUT2D eigenvalue weighted by Crippen LogP contribution is 2.38. The van der Waals surface area contributed by atoms with Crippen molar-refractivity contribution in [3.63, 3.8) is 0 Å². The molecule has 0 N–H and O–H groups in total. The van der Waals surface area contributed by atoms with Gasteiger partial charge in [0.2, 0.25) is 13.1 Å². The van der Waals surface area contributed by atoms with Gasteiger partial charge in [-0.3, -0.25) is 20.2 Å². The van der Waals surface area contributed by atoms with E-state index in [1.165, 1.54) is 0 Å². The largest absolute Gasteiger partial charge is 0.264 e. The summed E-state index contributed by atoms with van der Waals surface area (Å²) >= 11 is 0. The maximum atomic E-state index is 14.1. The summed E-state index contributed by atoms with van der Waals surface area (Å²) in [6.07, 6.45) is 0. The zero-order chi connectivity index (χ0) is 21.5. The standard InChI is InChI=1S/C14H4F8N2O4/c15-7-3(1-23(25)26)8(16)12(20)5(11(7)19)6-13(21)9(17)4(2-24(27)28)10(18)14(6)22/h1-2H2. The summed E-state index contributed by atoms with van der Waals surface area (Å²) < 4.78 is 112. The van der Waals surface area contributed by atoms with Crippen LogP contribution in [0.3, 0.4) is 0 Å². The van der Waals surface area contributed by atoms with Crippen molar-refractivity contribution in [2.45, 2.75) is 13.1 Å². The SMILES string of the molecule is O=[N+]([O-])Cc1c(F)c(F)c(-c2c(F)c(F)c(C[N+](=O)[O-])c(F)c2F)c(F)c1F. The Morgan fingerprint density at radius 1 is 0.500 bits per heavy atom. The first-order chi connectivity index (χ1) is 12.9. The van der Waals surface area contributed by atoms with Crippen molar-refractivity contribution >= 4 is 0 Å². The van der Waals surface area contributed by atoms with Crippen molar-refractivity contribution in [3.05, 3.63) is 77.9 Å². The van der Waals surface area contributed by atoms with Crippen molar-refractivity contribution in [1.29, 1.82) is 0 Å². The second-order valence-electron chi connectivity index (χ2n) is 5.20. The van der Waals surface area contributed by atoms with E-state index in [2.05, 4.69) is 0 Å². The van der Waals surface area contributed by atoms with Crippen LogP contribution in [0.25, 0.3) is 11.1 Å². The molecule has 0 saturated carbocycles. The smallest absolute Gasteiger partial charge is 0.234 e. The van der Waals surface area contributed by atoms with Gasteiger partial charge in [-0.2, -0.15) is 0 Å². The molecule has 0 aromatic heterocycles. The van der Waals surface area contributed by atoms with Crippen LogP contribution in [0.15, 0.2) is 0 Å². The van der Waals surface area contributed by atoms with Gasteiger partial charge in [-0.05, 0) is 0 Å². The molecule has 0 aliphatic rings. The van der Waals surface area contributed by atoms with Crippen LogP contribution in [0.2, 0.25) is 0 Å². The predicted octanol–water partition coefficient (Wildman–Crippen LogP) is 4.02. The lowest BCUT2D eigenvalue weighted by Crippen LogP contribution is -2.14. The third kappa shape index (κ3) is 3.32. The van der Waals surface area contributed by atoms with E-state index in [1.807, 2.05) is 0 Å². The number of halogens is 8. The molecule has 2 aromatic carbocycles. The van der Waals surface area contributed by atoms with Gasteiger partial charge in [-0.15, -0.1) is 0 Å². The van der Waals surface area contributed by atoms with E-state index in [4.69, 9.17) is 0 Å². The Hall–Kier alpha value is -3.32. The molecule has 2 aromatic rings. The van der Waals surface area contributed by atoms with Gasteiger partial charge < -0.3 is 0 Å². The van der Waals surface area contributed by atoms with Gasteiger partial charge >= 0.3 is 0 Å². The molecule has 150 valence electrons. The summed E-state index contributed by atoms with van der Waals surface area (Å²) in [6, 6.07) is 0. The highest BCUT2D eigenvalue weighted by atomic mass is 19.2. The molecule has 0 heterocycles. The van der Waals surface area contributed by atoms with Crippen molar-refractivity contribution in [2.75, 3.05) is 0 Å². The molecular weight excluding hydrogens is 412 g/mol. The lowest BCUT2D eigenvalue weighted by molar-refractivity contribution is -0.497. The van der Waals surface area contributed by atoms with Crippen molar-refractivity contribution in [3.8, 4) is 11.1 Å². The Morgan fingerprint density at radius 3 is 0.893 bits per heavy atom. The summed E-state index contributed by atoms with van der Waals surface area (Å²) in [5, 5.41) is 20.7. The van der Waals surface area contributed by atoms with Crippen LogP contribution >= 0.6 is 0 Å². The first-order valence-electron chi connectivity index (χ1n) is 6.83. The molecule has 0 bridgehead atoms. The van der Waals surface area contributed by atoms with Crippen molar-refractivity contribution in [2.24, 2.45) is 0 Å². The topological polar surface area (TPSA) is 86.3 Å². The van der Waals surface area contributed by atoms with Crippen LogP contribution in [-0.2, 0) is 13.1 Å². The molecule has 0 unspecified atom stereocenters. The fourth-order valence-electron chi connectivity index (χ4n) is 2.33. The molecule has 0 atom stereocenters. The first kappa shape index (κ1) is 21.0. The fraction of sp³-hybridized carbons (Fsp3) is 0.143. The van der Waals surface area contributed by atoms with E-state index >= 15 is 0 Å². The van der Waals surface area contributed by atoms with Crippen LogP contribution in [0.5, 0.6) is 0 Å². The molecular formula is C14H4F8N2O4. The fourth-order valence-corrected chi connectivity index (χ4v) is 2.33. The number of nitro groups is 2. The second kappa shape index (κ2) is 7.36. The summed E-state index contributed by atoms with van der Waals surface area (Å²) in [7, 11) is 0. The molecule has 2 rings (SSSR count). The van der Waals surface area contributed by atoms with E-state index in [0.717, 1.165) is 0 Å². The average Bonchev–Trinajstić information content (AvgIpc) is 2.61. The number of hydrogen-bond donors (Lipinski definition) is 0. The summed E-state index contributed by atoms with van der Waals surface area (Å²) in [5.74, 6) is -19.9. The highest BCUT2D eigenvalue weighted by molar-refractivity contribution is 5.68. The van der Waals surface area contributed by atoms with E-state index < -0.39 is 91.7 Å². The quantitative estimate of drug-likeness (QED) is 0.319. The second-order valence-corrected chi connectivity index (χ2v) is 5.20. The van der Waals surface area contributed by atoms with Gasteiger partial charge in [-0.1, -0.05) is 0 Å². The summed E-state index contributed by atoms with van der Waals surface area (Å²) in [5.41, 5.74) is -7.92. The van der Waals surface area contributed by atoms with Crippen LogP contribution in [-0.4, -0.2) is 9.85 Å². The average molecular weight is 416 g/mol. The Balaban J connectivity index is 2.90. The molecule has 0 aliphatic heterocycles. The minimum Gasteiger partial charge on any atom is -0.264 e. The monoisotopic (exact) mass is 416 g/mol. The van der Waals surface area contributed by atoms with Crippen LogP contribution in [0.4, 0.5) is 35.1 Å². The summed E-state index contributed by atoms with van der Waals surface area (Å²) in [6.45, 7) is -3.50. The zero-order valence-electron chi connectivity index (χ0n) is 13.0. The molecule has 0 amide bonds. The Labute approximate surface area is 148 Å². The van der Waals surface area contributed by atoms with Crippen molar-refractivity contribution in [1.82, 2.24) is 0 Å².